The molecule has 2 fully saturated rings. The van der Waals surface area contributed by atoms with Crippen LogP contribution in [0, 0.1) is 17.8 Å². The highest BCUT2D eigenvalue weighted by Crippen LogP contribution is 2.42. The van der Waals surface area contributed by atoms with E-state index < -0.39 is 0 Å². The fourth-order valence-electron chi connectivity index (χ4n) is 4.43. The molecule has 1 amide bonds. The molecule has 0 aliphatic heterocycles. The van der Waals surface area contributed by atoms with Crippen LogP contribution in [-0.4, -0.2) is 23.9 Å². The molecule has 2 aliphatic carbocycles. The van der Waals surface area contributed by atoms with Gasteiger partial charge < -0.3 is 10.6 Å². The highest BCUT2D eigenvalue weighted by Gasteiger charge is 2.41. The first-order valence-corrected chi connectivity index (χ1v) is 9.13. The van der Waals surface area contributed by atoms with E-state index in [-0.39, 0.29) is 30.3 Å². The van der Waals surface area contributed by atoms with Crippen LogP contribution in [0.3, 0.4) is 0 Å². The SMILES string of the molecule is CC(c1ccc(Cl)cc1)N(C)C(=O)C1CC2CCCC(C1)C2N.Cl. The third kappa shape index (κ3) is 3.89. The van der Waals surface area contributed by atoms with Gasteiger partial charge in [0.1, 0.15) is 0 Å². The number of nitrogens with zero attached hydrogens (tertiary/aromatic N) is 1. The summed E-state index contributed by atoms with van der Waals surface area (Å²) in [5.74, 6) is 1.49. The molecule has 0 heterocycles. The predicted molar refractivity (Wildman–Crippen MR) is 101 cm³/mol. The maximum atomic E-state index is 13.0. The third-order valence-corrected chi connectivity index (χ3v) is 6.30. The lowest BCUT2D eigenvalue weighted by molar-refractivity contribution is -0.139. The van der Waals surface area contributed by atoms with Crippen molar-refractivity contribution in [1.82, 2.24) is 4.90 Å². The zero-order valence-electron chi connectivity index (χ0n) is 14.5. The Morgan fingerprint density at radius 3 is 2.29 bits per heavy atom. The van der Waals surface area contributed by atoms with Crippen molar-refractivity contribution < 1.29 is 4.79 Å². The fourth-order valence-corrected chi connectivity index (χ4v) is 4.56. The van der Waals surface area contributed by atoms with E-state index in [9.17, 15) is 4.79 Å². The summed E-state index contributed by atoms with van der Waals surface area (Å²) in [4.78, 5) is 14.9. The number of rotatable bonds is 3. The number of hydrogen-bond acceptors (Lipinski definition) is 2. The molecule has 0 spiro atoms. The summed E-state index contributed by atoms with van der Waals surface area (Å²) >= 11 is 5.96. The van der Waals surface area contributed by atoms with Gasteiger partial charge in [-0.3, -0.25) is 4.79 Å². The minimum Gasteiger partial charge on any atom is -0.339 e. The molecule has 2 aliphatic rings. The summed E-state index contributed by atoms with van der Waals surface area (Å²) in [5.41, 5.74) is 7.47. The summed E-state index contributed by atoms with van der Waals surface area (Å²) in [5, 5.41) is 0.726. The number of halogens is 2. The maximum absolute atomic E-state index is 13.0. The molecule has 0 saturated heterocycles. The third-order valence-electron chi connectivity index (χ3n) is 6.04. The molecule has 2 bridgehead atoms. The topological polar surface area (TPSA) is 46.3 Å². The minimum absolute atomic E-state index is 0. The van der Waals surface area contributed by atoms with Gasteiger partial charge in [0.15, 0.2) is 0 Å². The maximum Gasteiger partial charge on any atom is 0.225 e. The van der Waals surface area contributed by atoms with Crippen molar-refractivity contribution in [2.45, 2.75) is 51.1 Å². The van der Waals surface area contributed by atoms with E-state index in [0.717, 1.165) is 23.4 Å². The molecule has 1 aromatic rings. The Balaban J connectivity index is 0.00000208. The normalized spacial score (nSPS) is 30.2. The van der Waals surface area contributed by atoms with Crippen molar-refractivity contribution in [3.05, 3.63) is 34.9 Å². The molecule has 3 rings (SSSR count). The first-order valence-electron chi connectivity index (χ1n) is 8.75. The van der Waals surface area contributed by atoms with Gasteiger partial charge in [0.05, 0.1) is 6.04 Å². The van der Waals surface area contributed by atoms with Gasteiger partial charge in [0.2, 0.25) is 5.91 Å². The van der Waals surface area contributed by atoms with Crippen LogP contribution in [0.15, 0.2) is 24.3 Å². The minimum atomic E-state index is 0. The number of nitrogens with two attached hydrogens (primary N) is 1. The zero-order valence-corrected chi connectivity index (χ0v) is 16.0. The lowest BCUT2D eigenvalue weighted by atomic mass is 9.65. The molecule has 5 heteroatoms. The molecule has 134 valence electrons. The highest BCUT2D eigenvalue weighted by molar-refractivity contribution is 6.30. The molecule has 3 unspecified atom stereocenters. The Morgan fingerprint density at radius 2 is 1.75 bits per heavy atom. The van der Waals surface area contributed by atoms with Crippen molar-refractivity contribution >= 4 is 29.9 Å². The van der Waals surface area contributed by atoms with Crippen molar-refractivity contribution in [2.24, 2.45) is 23.5 Å². The van der Waals surface area contributed by atoms with E-state index in [4.69, 9.17) is 17.3 Å². The first-order chi connectivity index (χ1) is 11.0. The molecule has 2 saturated carbocycles. The molecular weight excluding hydrogens is 343 g/mol. The Labute approximate surface area is 156 Å². The molecule has 3 atom stereocenters. The van der Waals surface area contributed by atoms with E-state index in [1.165, 1.54) is 19.3 Å². The van der Waals surface area contributed by atoms with Gasteiger partial charge >= 0.3 is 0 Å². The van der Waals surface area contributed by atoms with E-state index in [1.807, 2.05) is 36.2 Å². The van der Waals surface area contributed by atoms with Gasteiger partial charge in [0.25, 0.3) is 0 Å². The Kier molecular flexibility index (Phi) is 6.58. The number of carbonyl (C=O) groups is 1. The van der Waals surface area contributed by atoms with Crippen LogP contribution in [0.2, 0.25) is 5.02 Å². The molecule has 2 N–H and O–H groups in total. The summed E-state index contributed by atoms with van der Waals surface area (Å²) in [7, 11) is 1.92. The van der Waals surface area contributed by atoms with E-state index >= 15 is 0 Å². The number of hydrogen-bond donors (Lipinski definition) is 1. The largest absolute Gasteiger partial charge is 0.339 e. The van der Waals surface area contributed by atoms with E-state index in [2.05, 4.69) is 6.92 Å². The second-order valence-corrected chi connectivity index (χ2v) is 7.81. The van der Waals surface area contributed by atoms with Crippen molar-refractivity contribution in [1.29, 1.82) is 0 Å². The Morgan fingerprint density at radius 1 is 1.21 bits per heavy atom. The lowest BCUT2D eigenvalue weighted by Gasteiger charge is -2.44. The lowest BCUT2D eigenvalue weighted by Crippen LogP contribution is -2.49. The van der Waals surface area contributed by atoms with Gasteiger partial charge in [-0.2, -0.15) is 0 Å². The van der Waals surface area contributed by atoms with Crippen LogP contribution in [0.4, 0.5) is 0 Å². The van der Waals surface area contributed by atoms with E-state index in [1.54, 1.807) is 0 Å². The van der Waals surface area contributed by atoms with Gasteiger partial charge in [-0.15, -0.1) is 12.4 Å². The van der Waals surface area contributed by atoms with Crippen LogP contribution < -0.4 is 5.73 Å². The first kappa shape index (κ1) is 19.6. The van der Waals surface area contributed by atoms with E-state index in [0.29, 0.717) is 17.9 Å². The van der Waals surface area contributed by atoms with Gasteiger partial charge in [-0.1, -0.05) is 30.2 Å². The van der Waals surface area contributed by atoms with Crippen molar-refractivity contribution in [2.75, 3.05) is 7.05 Å². The molecule has 1 aromatic carbocycles. The van der Waals surface area contributed by atoms with Gasteiger partial charge in [-0.25, -0.2) is 0 Å². The smallest absolute Gasteiger partial charge is 0.225 e. The molecule has 0 radical (unpaired) electrons. The van der Waals surface area contributed by atoms with Crippen molar-refractivity contribution in [3.8, 4) is 0 Å². The summed E-state index contributed by atoms with van der Waals surface area (Å²) in [6.45, 7) is 2.08. The Hall–Kier alpha value is -0.770. The van der Waals surface area contributed by atoms with Crippen LogP contribution in [0.1, 0.15) is 50.6 Å². The summed E-state index contributed by atoms with van der Waals surface area (Å²) in [6, 6.07) is 8.15. The van der Waals surface area contributed by atoms with Crippen LogP contribution in [0.5, 0.6) is 0 Å². The zero-order chi connectivity index (χ0) is 16.6. The van der Waals surface area contributed by atoms with Gasteiger partial charge in [-0.05, 0) is 62.1 Å². The second-order valence-electron chi connectivity index (χ2n) is 7.37. The number of amides is 1. The molecular formula is C19H28Cl2N2O. The quantitative estimate of drug-likeness (QED) is 0.854. The monoisotopic (exact) mass is 370 g/mol. The number of benzene rings is 1. The average molecular weight is 371 g/mol. The highest BCUT2D eigenvalue weighted by atomic mass is 35.5. The molecule has 0 aromatic heterocycles. The molecule has 24 heavy (non-hydrogen) atoms. The Bertz CT molecular complexity index is 549. The number of carbonyl (C=O) groups excluding carboxylic acids is 1. The fraction of sp³-hybridized carbons (Fsp3) is 0.632. The van der Waals surface area contributed by atoms with Crippen molar-refractivity contribution in [3.63, 3.8) is 0 Å². The van der Waals surface area contributed by atoms with Crippen LogP contribution in [-0.2, 0) is 4.79 Å². The van der Waals surface area contributed by atoms with Gasteiger partial charge in [0, 0.05) is 24.0 Å². The number of fused-ring (bicyclic) bond motifs is 2. The average Bonchev–Trinajstić information content (AvgIpc) is 2.53. The predicted octanol–water partition coefficient (Wildman–Crippen LogP) is 4.43. The summed E-state index contributed by atoms with van der Waals surface area (Å²) < 4.78 is 0. The van der Waals surface area contributed by atoms with Crippen LogP contribution >= 0.6 is 24.0 Å². The molecule has 3 nitrogen and oxygen atoms in total. The second kappa shape index (κ2) is 8.07. The van der Waals surface area contributed by atoms with Crippen LogP contribution in [0.25, 0.3) is 0 Å². The summed E-state index contributed by atoms with van der Waals surface area (Å²) in [6.07, 6.45) is 5.60. The standard InChI is InChI=1S/C19H27ClN2O.ClH/c1-12(13-6-8-17(20)9-7-13)22(2)19(23)16-10-14-4-3-5-15(11-16)18(14)21;/h6-9,12,14-16,18H,3-5,10-11,21H2,1-2H3;1H.